The summed E-state index contributed by atoms with van der Waals surface area (Å²) in [6, 6.07) is 16.9. The van der Waals surface area contributed by atoms with Crippen molar-refractivity contribution in [2.24, 2.45) is 0 Å². The van der Waals surface area contributed by atoms with Gasteiger partial charge in [0.1, 0.15) is 0 Å². The number of piperidine rings is 1. The van der Waals surface area contributed by atoms with Crippen molar-refractivity contribution in [1.29, 1.82) is 0 Å². The summed E-state index contributed by atoms with van der Waals surface area (Å²) >= 11 is 6.11. The van der Waals surface area contributed by atoms with E-state index in [9.17, 15) is 9.59 Å². The molecule has 1 aliphatic heterocycles. The Balaban J connectivity index is 1.31. The second-order valence-electron chi connectivity index (χ2n) is 7.20. The van der Waals surface area contributed by atoms with Crippen LogP contribution in [0.4, 0.5) is 10.5 Å². The lowest BCUT2D eigenvalue weighted by Crippen LogP contribution is -2.46. The van der Waals surface area contributed by atoms with Crippen molar-refractivity contribution < 1.29 is 9.59 Å². The van der Waals surface area contributed by atoms with Crippen LogP contribution in [0.15, 0.2) is 54.6 Å². The van der Waals surface area contributed by atoms with E-state index in [-0.39, 0.29) is 18.0 Å². The summed E-state index contributed by atoms with van der Waals surface area (Å²) in [6.45, 7) is 2.90. The van der Waals surface area contributed by atoms with Crippen LogP contribution in [0.5, 0.6) is 0 Å². The number of carbonyl (C=O) groups is 2. The highest BCUT2D eigenvalue weighted by atomic mass is 35.5. The molecule has 1 aliphatic rings. The first-order chi connectivity index (χ1) is 14.1. The van der Waals surface area contributed by atoms with Crippen molar-refractivity contribution in [3.8, 4) is 0 Å². The van der Waals surface area contributed by atoms with E-state index in [1.807, 2.05) is 54.6 Å². The van der Waals surface area contributed by atoms with Crippen molar-refractivity contribution in [3.63, 3.8) is 0 Å². The predicted octanol–water partition coefficient (Wildman–Crippen LogP) is 3.63. The first kappa shape index (κ1) is 21.1. The molecule has 2 aromatic carbocycles. The van der Waals surface area contributed by atoms with Crippen LogP contribution in [-0.2, 0) is 11.3 Å². The van der Waals surface area contributed by atoms with E-state index >= 15 is 0 Å². The highest BCUT2D eigenvalue weighted by molar-refractivity contribution is 6.31. The van der Waals surface area contributed by atoms with Crippen LogP contribution in [0.2, 0.25) is 5.02 Å². The molecule has 0 atom stereocenters. The molecule has 1 fully saturated rings. The maximum Gasteiger partial charge on any atom is 0.319 e. The minimum Gasteiger partial charge on any atom is -0.352 e. The van der Waals surface area contributed by atoms with Gasteiger partial charge in [0.2, 0.25) is 5.91 Å². The van der Waals surface area contributed by atoms with Crippen LogP contribution < -0.4 is 16.0 Å². The van der Waals surface area contributed by atoms with Gasteiger partial charge in [-0.3, -0.25) is 4.79 Å². The number of benzene rings is 2. The molecule has 2 aromatic rings. The first-order valence-electron chi connectivity index (χ1n) is 9.95. The molecule has 3 rings (SSSR count). The molecule has 6 nitrogen and oxygen atoms in total. The molecular weight excluding hydrogens is 388 g/mol. The molecule has 0 saturated carbocycles. The number of nitrogens with zero attached hydrogens (tertiary/aromatic N) is 1. The third-order valence-electron chi connectivity index (χ3n) is 5.04. The summed E-state index contributed by atoms with van der Waals surface area (Å²) in [5, 5.41) is 9.46. The maximum atomic E-state index is 12.1. The van der Waals surface area contributed by atoms with Crippen LogP contribution in [0.1, 0.15) is 24.8 Å². The molecule has 154 valence electrons. The molecule has 3 amide bonds. The van der Waals surface area contributed by atoms with E-state index in [1.165, 1.54) is 0 Å². The minimum atomic E-state index is -0.173. The van der Waals surface area contributed by atoms with Crippen LogP contribution in [-0.4, -0.2) is 42.5 Å². The summed E-state index contributed by atoms with van der Waals surface area (Å²) in [4.78, 5) is 26.5. The van der Waals surface area contributed by atoms with E-state index in [0.717, 1.165) is 43.7 Å². The molecule has 0 bridgehead atoms. The largest absolute Gasteiger partial charge is 0.352 e. The Bertz CT molecular complexity index is 807. The van der Waals surface area contributed by atoms with Gasteiger partial charge in [-0.25, -0.2) is 4.79 Å². The number of halogens is 1. The number of hydrogen-bond acceptors (Lipinski definition) is 3. The second-order valence-corrected chi connectivity index (χ2v) is 7.61. The quantitative estimate of drug-likeness (QED) is 0.647. The zero-order valence-corrected chi connectivity index (χ0v) is 17.1. The fourth-order valence-electron chi connectivity index (χ4n) is 3.36. The minimum absolute atomic E-state index is 0.0207. The monoisotopic (exact) mass is 414 g/mol. The Labute approximate surface area is 176 Å². The van der Waals surface area contributed by atoms with E-state index in [1.54, 1.807) is 0 Å². The number of likely N-dealkylation sites (tertiary alicyclic amines) is 1. The summed E-state index contributed by atoms with van der Waals surface area (Å²) in [7, 11) is 0. The Morgan fingerprint density at radius 1 is 1.00 bits per heavy atom. The van der Waals surface area contributed by atoms with E-state index < -0.39 is 0 Å². The molecule has 1 heterocycles. The molecule has 0 aliphatic carbocycles. The number of rotatable bonds is 7. The van der Waals surface area contributed by atoms with Crippen LogP contribution in [0, 0.1) is 0 Å². The number of nitrogens with one attached hydrogen (secondary N) is 3. The van der Waals surface area contributed by atoms with E-state index in [0.29, 0.717) is 18.0 Å². The zero-order valence-electron chi connectivity index (χ0n) is 16.4. The van der Waals surface area contributed by atoms with Crippen molar-refractivity contribution in [1.82, 2.24) is 15.5 Å². The van der Waals surface area contributed by atoms with Gasteiger partial charge < -0.3 is 20.9 Å². The van der Waals surface area contributed by atoms with Gasteiger partial charge in [0.25, 0.3) is 0 Å². The summed E-state index contributed by atoms with van der Waals surface area (Å²) in [6.07, 6.45) is 2.21. The fourth-order valence-corrected chi connectivity index (χ4v) is 3.56. The van der Waals surface area contributed by atoms with Crippen molar-refractivity contribution >= 4 is 29.2 Å². The summed E-state index contributed by atoms with van der Waals surface area (Å²) in [5.74, 6) is 0.0207. The van der Waals surface area contributed by atoms with Gasteiger partial charge in [-0.2, -0.15) is 0 Å². The van der Waals surface area contributed by atoms with Gasteiger partial charge in [-0.05, 0) is 36.6 Å². The first-order valence-corrected chi connectivity index (χ1v) is 10.3. The molecule has 0 aromatic heterocycles. The predicted molar refractivity (Wildman–Crippen MR) is 116 cm³/mol. The molecule has 0 unspecified atom stereocenters. The third kappa shape index (κ3) is 7.07. The van der Waals surface area contributed by atoms with E-state index in [4.69, 9.17) is 11.6 Å². The third-order valence-corrected chi connectivity index (χ3v) is 5.41. The Morgan fingerprint density at radius 3 is 2.41 bits per heavy atom. The van der Waals surface area contributed by atoms with E-state index in [2.05, 4.69) is 20.9 Å². The van der Waals surface area contributed by atoms with Crippen molar-refractivity contribution in [2.75, 3.05) is 25.0 Å². The van der Waals surface area contributed by atoms with Gasteiger partial charge in [-0.1, -0.05) is 48.0 Å². The topological polar surface area (TPSA) is 73.5 Å². The molecule has 0 radical (unpaired) electrons. The number of para-hydroxylation sites is 1. The fraction of sp³-hybridized carbons (Fsp3) is 0.364. The molecule has 29 heavy (non-hydrogen) atoms. The van der Waals surface area contributed by atoms with Gasteiger partial charge in [0.15, 0.2) is 0 Å². The number of carbonyl (C=O) groups excluding carboxylic acids is 2. The van der Waals surface area contributed by atoms with Gasteiger partial charge in [-0.15, -0.1) is 0 Å². The summed E-state index contributed by atoms with van der Waals surface area (Å²) in [5.41, 5.74) is 1.70. The standard InChI is InChI=1S/C22H27ClN4O2/c23-20-9-5-4-6-17(20)16-24-21(28)12-15-27-13-10-19(11-14-27)26-22(29)25-18-7-2-1-3-8-18/h1-9,19H,10-16H2,(H,24,28)(H2,25,26,29). The lowest BCUT2D eigenvalue weighted by molar-refractivity contribution is -0.121. The van der Waals surface area contributed by atoms with Gasteiger partial charge >= 0.3 is 6.03 Å². The highest BCUT2D eigenvalue weighted by Crippen LogP contribution is 2.15. The summed E-state index contributed by atoms with van der Waals surface area (Å²) < 4.78 is 0. The average Bonchev–Trinajstić information content (AvgIpc) is 2.73. The Morgan fingerprint density at radius 2 is 1.69 bits per heavy atom. The van der Waals surface area contributed by atoms with Crippen molar-refractivity contribution in [3.05, 3.63) is 65.2 Å². The zero-order chi connectivity index (χ0) is 20.5. The Hall–Kier alpha value is -2.57. The van der Waals surface area contributed by atoms with Crippen LogP contribution in [0.3, 0.4) is 0 Å². The van der Waals surface area contributed by atoms with Crippen LogP contribution in [0.25, 0.3) is 0 Å². The lowest BCUT2D eigenvalue weighted by atomic mass is 10.1. The molecule has 0 spiro atoms. The molecular formula is C22H27ClN4O2. The maximum absolute atomic E-state index is 12.1. The van der Waals surface area contributed by atoms with Gasteiger partial charge in [0, 0.05) is 49.4 Å². The van der Waals surface area contributed by atoms with Crippen molar-refractivity contribution in [2.45, 2.75) is 31.8 Å². The average molecular weight is 415 g/mol. The van der Waals surface area contributed by atoms with Crippen LogP contribution >= 0.6 is 11.6 Å². The number of urea groups is 1. The lowest BCUT2D eigenvalue weighted by Gasteiger charge is -2.32. The van der Waals surface area contributed by atoms with Gasteiger partial charge in [0.05, 0.1) is 0 Å². The SMILES string of the molecule is O=C(CCN1CCC(NC(=O)Nc2ccccc2)CC1)NCc1ccccc1Cl. The molecule has 3 N–H and O–H groups in total. The molecule has 7 heteroatoms. The number of amides is 3. The second kappa shape index (κ2) is 10.8. The highest BCUT2D eigenvalue weighted by Gasteiger charge is 2.21. The number of anilines is 1. The number of hydrogen-bond donors (Lipinski definition) is 3. The smallest absolute Gasteiger partial charge is 0.319 e. The Kier molecular flexibility index (Phi) is 7.90. The molecule has 1 saturated heterocycles. The normalized spacial score (nSPS) is 14.9.